The normalized spacial score (nSPS) is 20.5. The van der Waals surface area contributed by atoms with Crippen LogP contribution in [0.3, 0.4) is 0 Å². The fourth-order valence-electron chi connectivity index (χ4n) is 3.38. The van der Waals surface area contributed by atoms with E-state index < -0.39 is 0 Å². The van der Waals surface area contributed by atoms with E-state index in [9.17, 15) is 4.79 Å². The van der Waals surface area contributed by atoms with Crippen LogP contribution >= 0.6 is 0 Å². The molecule has 0 radical (unpaired) electrons. The first-order valence-electron chi connectivity index (χ1n) is 8.09. The molecule has 3 rings (SSSR count). The summed E-state index contributed by atoms with van der Waals surface area (Å²) in [6.45, 7) is 3.22. The number of rotatable bonds is 2. The van der Waals surface area contributed by atoms with Gasteiger partial charge in [0.2, 0.25) is 0 Å². The summed E-state index contributed by atoms with van der Waals surface area (Å²) in [6.07, 6.45) is 1.07. The fraction of sp³-hybridized carbons (Fsp3) is 0.286. The van der Waals surface area contributed by atoms with E-state index in [-0.39, 0.29) is 5.91 Å². The third-order valence-corrected chi connectivity index (χ3v) is 4.51. The first-order chi connectivity index (χ1) is 11.3. The summed E-state index contributed by atoms with van der Waals surface area (Å²) in [4.78, 5) is 14.2. The van der Waals surface area contributed by atoms with E-state index in [1.54, 1.807) is 6.92 Å². The highest BCUT2D eigenvalue weighted by Gasteiger charge is 2.31. The summed E-state index contributed by atoms with van der Waals surface area (Å²) < 4.78 is 0. The van der Waals surface area contributed by atoms with E-state index in [4.69, 9.17) is 0 Å². The molecule has 23 heavy (non-hydrogen) atoms. The Morgan fingerprint density at radius 3 is 1.83 bits per heavy atom. The number of carbonyl (C=O) groups is 1. The monoisotopic (exact) mass is 303 g/mol. The maximum atomic E-state index is 12.3. The number of hydrogen-bond acceptors (Lipinski definition) is 1. The molecule has 0 bridgehead atoms. The van der Waals surface area contributed by atoms with Crippen LogP contribution in [0, 0.1) is 11.8 Å². The van der Waals surface area contributed by atoms with Gasteiger partial charge in [-0.25, -0.2) is 0 Å². The molecule has 0 unspecified atom stereocenters. The van der Waals surface area contributed by atoms with Gasteiger partial charge >= 0.3 is 0 Å². The minimum absolute atomic E-state index is 0.0611. The molecule has 1 aliphatic rings. The van der Waals surface area contributed by atoms with E-state index >= 15 is 0 Å². The lowest BCUT2D eigenvalue weighted by Crippen LogP contribution is -2.42. The quantitative estimate of drug-likeness (QED) is 0.773. The first kappa shape index (κ1) is 15.4. The third kappa shape index (κ3) is 3.63. The van der Waals surface area contributed by atoms with Gasteiger partial charge in [0.25, 0.3) is 5.91 Å². The standard InChI is InChI=1S/C21H21NO/c1-2-9-21(23)22-15-19(17-10-5-3-6-11-17)14-20(16-22)18-12-7-4-8-13-18/h3-8,10-13,19-20H,14-16H2,1H3/t19-,20+. The van der Waals surface area contributed by atoms with E-state index in [2.05, 4.69) is 60.4 Å². The Bertz CT molecular complexity index is 664. The summed E-state index contributed by atoms with van der Waals surface area (Å²) in [5.41, 5.74) is 2.60. The Labute approximate surface area is 138 Å². The van der Waals surface area contributed by atoms with Crippen molar-refractivity contribution in [3.05, 3.63) is 71.8 Å². The first-order valence-corrected chi connectivity index (χ1v) is 8.09. The summed E-state index contributed by atoms with van der Waals surface area (Å²) in [5, 5.41) is 0. The van der Waals surface area contributed by atoms with Crippen molar-refractivity contribution in [1.82, 2.24) is 4.90 Å². The van der Waals surface area contributed by atoms with Crippen molar-refractivity contribution in [3.63, 3.8) is 0 Å². The highest BCUT2D eigenvalue weighted by atomic mass is 16.2. The molecule has 2 heteroatoms. The van der Waals surface area contributed by atoms with Crippen molar-refractivity contribution in [2.75, 3.05) is 13.1 Å². The number of amides is 1. The maximum Gasteiger partial charge on any atom is 0.298 e. The molecule has 1 saturated heterocycles. The molecule has 2 aromatic rings. The van der Waals surface area contributed by atoms with Crippen molar-refractivity contribution in [1.29, 1.82) is 0 Å². The van der Waals surface area contributed by atoms with Crippen molar-refractivity contribution in [2.45, 2.75) is 25.2 Å². The van der Waals surface area contributed by atoms with Gasteiger partial charge in [0.05, 0.1) is 0 Å². The average molecular weight is 303 g/mol. The molecule has 116 valence electrons. The zero-order chi connectivity index (χ0) is 16.1. The van der Waals surface area contributed by atoms with Gasteiger partial charge in [0.1, 0.15) is 0 Å². The minimum Gasteiger partial charge on any atom is -0.331 e. The predicted octanol–water partition coefficient (Wildman–Crippen LogP) is 3.81. The van der Waals surface area contributed by atoms with Crippen molar-refractivity contribution >= 4 is 5.91 Å². The zero-order valence-corrected chi connectivity index (χ0v) is 13.4. The second kappa shape index (κ2) is 7.15. The highest BCUT2D eigenvalue weighted by molar-refractivity contribution is 5.93. The summed E-state index contributed by atoms with van der Waals surface area (Å²) in [6, 6.07) is 21.0. The smallest absolute Gasteiger partial charge is 0.298 e. The lowest BCUT2D eigenvalue weighted by atomic mass is 9.81. The lowest BCUT2D eigenvalue weighted by Gasteiger charge is -2.37. The van der Waals surface area contributed by atoms with Crippen LogP contribution in [-0.2, 0) is 4.79 Å². The maximum absolute atomic E-state index is 12.3. The number of likely N-dealkylation sites (tertiary alicyclic amines) is 1. The van der Waals surface area contributed by atoms with Crippen LogP contribution in [0.2, 0.25) is 0 Å². The van der Waals surface area contributed by atoms with Crippen LogP contribution in [0.15, 0.2) is 60.7 Å². The van der Waals surface area contributed by atoms with E-state index in [0.29, 0.717) is 11.8 Å². The van der Waals surface area contributed by atoms with Crippen LogP contribution in [-0.4, -0.2) is 23.9 Å². The number of carbonyl (C=O) groups excluding carboxylic acids is 1. The highest BCUT2D eigenvalue weighted by Crippen LogP contribution is 2.35. The number of nitrogens with zero attached hydrogens (tertiary/aromatic N) is 1. The van der Waals surface area contributed by atoms with Gasteiger partial charge < -0.3 is 4.90 Å². The Balaban J connectivity index is 1.89. The van der Waals surface area contributed by atoms with Crippen LogP contribution in [0.1, 0.15) is 36.3 Å². The Hall–Kier alpha value is -2.53. The van der Waals surface area contributed by atoms with Gasteiger partial charge in [0.15, 0.2) is 0 Å². The largest absolute Gasteiger partial charge is 0.331 e. The third-order valence-electron chi connectivity index (χ3n) is 4.51. The van der Waals surface area contributed by atoms with Gasteiger partial charge in [-0.05, 0) is 30.4 Å². The van der Waals surface area contributed by atoms with E-state index in [1.807, 2.05) is 17.0 Å². The van der Waals surface area contributed by atoms with E-state index in [0.717, 1.165) is 19.5 Å². The SMILES string of the molecule is CC#CC(=O)N1C[C@H](c2ccccc2)C[C@H](c2ccccc2)C1. The Morgan fingerprint density at radius 2 is 1.39 bits per heavy atom. The fourth-order valence-corrected chi connectivity index (χ4v) is 3.38. The van der Waals surface area contributed by atoms with Gasteiger partial charge in [-0.15, -0.1) is 0 Å². The molecule has 1 fully saturated rings. The zero-order valence-electron chi connectivity index (χ0n) is 13.4. The molecule has 0 spiro atoms. The van der Waals surface area contributed by atoms with Crippen LogP contribution < -0.4 is 0 Å². The molecule has 2 nitrogen and oxygen atoms in total. The average Bonchev–Trinajstić information content (AvgIpc) is 2.63. The number of benzene rings is 2. The van der Waals surface area contributed by atoms with Crippen molar-refractivity contribution < 1.29 is 4.79 Å². The Kier molecular flexibility index (Phi) is 4.78. The molecule has 2 aromatic carbocycles. The summed E-state index contributed by atoms with van der Waals surface area (Å²) >= 11 is 0. The van der Waals surface area contributed by atoms with Crippen molar-refractivity contribution in [3.8, 4) is 11.8 Å². The molecule has 0 aliphatic carbocycles. The molecule has 0 aromatic heterocycles. The van der Waals surface area contributed by atoms with E-state index in [1.165, 1.54) is 11.1 Å². The molecule has 0 N–H and O–H groups in total. The van der Waals surface area contributed by atoms with Crippen molar-refractivity contribution in [2.24, 2.45) is 0 Å². The molecule has 2 atom stereocenters. The van der Waals surface area contributed by atoms with Crippen LogP contribution in [0.5, 0.6) is 0 Å². The molecule has 1 amide bonds. The van der Waals surface area contributed by atoms with Gasteiger partial charge in [0, 0.05) is 24.9 Å². The lowest BCUT2D eigenvalue weighted by molar-refractivity contribution is -0.126. The topological polar surface area (TPSA) is 20.3 Å². The predicted molar refractivity (Wildman–Crippen MR) is 93.0 cm³/mol. The molecule has 1 aliphatic heterocycles. The molecular formula is C21H21NO. The summed E-state index contributed by atoms with van der Waals surface area (Å²) in [7, 11) is 0. The molecular weight excluding hydrogens is 282 g/mol. The second-order valence-corrected chi connectivity index (χ2v) is 6.04. The number of piperidine rings is 1. The number of hydrogen-bond donors (Lipinski definition) is 0. The second-order valence-electron chi connectivity index (χ2n) is 6.04. The molecule has 0 saturated carbocycles. The molecule has 1 heterocycles. The van der Waals surface area contributed by atoms with Gasteiger partial charge in [-0.3, -0.25) is 4.79 Å². The summed E-state index contributed by atoms with van der Waals surface area (Å²) in [5.74, 6) is 6.09. The van der Waals surface area contributed by atoms with Crippen LogP contribution in [0.4, 0.5) is 0 Å². The Morgan fingerprint density at radius 1 is 0.913 bits per heavy atom. The minimum atomic E-state index is -0.0611. The van der Waals surface area contributed by atoms with Gasteiger partial charge in [-0.1, -0.05) is 66.6 Å². The van der Waals surface area contributed by atoms with Gasteiger partial charge in [-0.2, -0.15) is 0 Å². The van der Waals surface area contributed by atoms with Crippen LogP contribution in [0.25, 0.3) is 0 Å².